The number of aliphatic hydroxyl groups is 1. The lowest BCUT2D eigenvalue weighted by Gasteiger charge is -2.24. The van der Waals surface area contributed by atoms with E-state index in [0.29, 0.717) is 5.56 Å². The minimum Gasteiger partial charge on any atom is -0.465 e. The van der Waals surface area contributed by atoms with Crippen LogP contribution in [-0.2, 0) is 11.3 Å². The molecule has 0 bridgehead atoms. The van der Waals surface area contributed by atoms with E-state index in [1.807, 2.05) is 12.1 Å². The Bertz CT molecular complexity index is 398. The maximum absolute atomic E-state index is 11.3. The Kier molecular flexibility index (Phi) is 5.99. The molecular weight excluding hydrogens is 242 g/mol. The Balaban J connectivity index is 2.44. The SMILES string of the molecule is COC(=O)c1ccc(CNCC(C)(C)CCO)cc1. The summed E-state index contributed by atoms with van der Waals surface area (Å²) in [5, 5.41) is 12.3. The molecule has 106 valence electrons. The lowest BCUT2D eigenvalue weighted by molar-refractivity contribution is 0.0600. The average molecular weight is 265 g/mol. The number of esters is 1. The second kappa shape index (κ2) is 7.26. The largest absolute Gasteiger partial charge is 0.465 e. The van der Waals surface area contributed by atoms with Gasteiger partial charge in [0.25, 0.3) is 0 Å². The third kappa shape index (κ3) is 5.41. The first-order valence-electron chi connectivity index (χ1n) is 6.47. The van der Waals surface area contributed by atoms with Crippen LogP contribution in [0.2, 0.25) is 0 Å². The van der Waals surface area contributed by atoms with Crippen molar-refractivity contribution in [2.75, 3.05) is 20.3 Å². The molecule has 0 aromatic heterocycles. The molecular formula is C15H23NO3. The van der Waals surface area contributed by atoms with Gasteiger partial charge in [-0.15, -0.1) is 0 Å². The highest BCUT2D eigenvalue weighted by Gasteiger charge is 2.16. The molecule has 19 heavy (non-hydrogen) atoms. The molecule has 0 spiro atoms. The van der Waals surface area contributed by atoms with Crippen LogP contribution in [0.25, 0.3) is 0 Å². The Morgan fingerprint density at radius 2 is 1.95 bits per heavy atom. The predicted octanol–water partition coefficient (Wildman–Crippen LogP) is 1.97. The molecule has 0 saturated carbocycles. The molecule has 0 aliphatic rings. The fourth-order valence-electron chi connectivity index (χ4n) is 1.81. The van der Waals surface area contributed by atoms with Crippen LogP contribution < -0.4 is 5.32 Å². The molecule has 0 fully saturated rings. The zero-order valence-electron chi connectivity index (χ0n) is 11.9. The first kappa shape index (κ1) is 15.7. The molecule has 1 aromatic rings. The van der Waals surface area contributed by atoms with Crippen molar-refractivity contribution in [1.29, 1.82) is 0 Å². The van der Waals surface area contributed by atoms with Gasteiger partial charge in [-0.1, -0.05) is 26.0 Å². The predicted molar refractivity (Wildman–Crippen MR) is 75.0 cm³/mol. The lowest BCUT2D eigenvalue weighted by Crippen LogP contribution is -2.29. The van der Waals surface area contributed by atoms with Gasteiger partial charge in [-0.25, -0.2) is 4.79 Å². The Labute approximate surface area is 114 Å². The smallest absolute Gasteiger partial charge is 0.337 e. The summed E-state index contributed by atoms with van der Waals surface area (Å²) in [7, 11) is 1.38. The second-order valence-corrected chi connectivity index (χ2v) is 5.43. The lowest BCUT2D eigenvalue weighted by atomic mass is 9.90. The van der Waals surface area contributed by atoms with Crippen LogP contribution in [0.1, 0.15) is 36.2 Å². The molecule has 0 unspecified atom stereocenters. The van der Waals surface area contributed by atoms with Gasteiger partial charge < -0.3 is 15.2 Å². The molecule has 0 radical (unpaired) electrons. The highest BCUT2D eigenvalue weighted by Crippen LogP contribution is 2.18. The van der Waals surface area contributed by atoms with Crippen LogP contribution in [0.5, 0.6) is 0 Å². The second-order valence-electron chi connectivity index (χ2n) is 5.43. The van der Waals surface area contributed by atoms with Crippen molar-refractivity contribution in [2.24, 2.45) is 5.41 Å². The van der Waals surface area contributed by atoms with Gasteiger partial charge in [-0.05, 0) is 29.5 Å². The Hall–Kier alpha value is -1.39. The molecule has 1 rings (SSSR count). The molecule has 4 nitrogen and oxygen atoms in total. The number of carbonyl (C=O) groups is 1. The fraction of sp³-hybridized carbons (Fsp3) is 0.533. The minimum absolute atomic E-state index is 0.0840. The van der Waals surface area contributed by atoms with Crippen LogP contribution in [0.15, 0.2) is 24.3 Å². The topological polar surface area (TPSA) is 58.6 Å². The summed E-state index contributed by atoms with van der Waals surface area (Å²) in [5.41, 5.74) is 1.76. The summed E-state index contributed by atoms with van der Waals surface area (Å²) >= 11 is 0. The summed E-state index contributed by atoms with van der Waals surface area (Å²) in [6.07, 6.45) is 0.779. The average Bonchev–Trinajstić information content (AvgIpc) is 2.38. The number of aliphatic hydroxyl groups excluding tert-OH is 1. The normalized spacial score (nSPS) is 11.4. The van der Waals surface area contributed by atoms with E-state index in [9.17, 15) is 4.79 Å². The van der Waals surface area contributed by atoms with Crippen LogP contribution in [0, 0.1) is 5.41 Å². The standard InChI is InChI=1S/C15H23NO3/c1-15(2,8-9-17)11-16-10-12-4-6-13(7-5-12)14(18)19-3/h4-7,16-17H,8-11H2,1-3H3. The van der Waals surface area contributed by atoms with Gasteiger partial charge in [0.05, 0.1) is 12.7 Å². The number of rotatable bonds is 7. The van der Waals surface area contributed by atoms with Gasteiger partial charge in [-0.2, -0.15) is 0 Å². The third-order valence-corrected chi connectivity index (χ3v) is 3.10. The number of ether oxygens (including phenoxy) is 1. The molecule has 2 N–H and O–H groups in total. The third-order valence-electron chi connectivity index (χ3n) is 3.10. The number of benzene rings is 1. The Morgan fingerprint density at radius 1 is 1.32 bits per heavy atom. The van der Waals surface area contributed by atoms with E-state index < -0.39 is 0 Å². The van der Waals surface area contributed by atoms with Crippen LogP contribution in [0.4, 0.5) is 0 Å². The van der Waals surface area contributed by atoms with E-state index in [0.717, 1.165) is 25.1 Å². The summed E-state index contributed by atoms with van der Waals surface area (Å²) < 4.78 is 4.65. The number of carbonyl (C=O) groups excluding carboxylic acids is 1. The number of hydrogen-bond acceptors (Lipinski definition) is 4. The monoisotopic (exact) mass is 265 g/mol. The molecule has 1 aromatic carbocycles. The van der Waals surface area contributed by atoms with E-state index in [4.69, 9.17) is 5.11 Å². The highest BCUT2D eigenvalue weighted by molar-refractivity contribution is 5.89. The molecule has 0 atom stereocenters. The van der Waals surface area contributed by atoms with Crippen LogP contribution >= 0.6 is 0 Å². The van der Waals surface area contributed by atoms with Gasteiger partial charge >= 0.3 is 5.97 Å². The maximum Gasteiger partial charge on any atom is 0.337 e. The zero-order valence-corrected chi connectivity index (χ0v) is 11.9. The van der Waals surface area contributed by atoms with E-state index in [2.05, 4.69) is 23.9 Å². The quantitative estimate of drug-likeness (QED) is 0.740. The number of methoxy groups -OCH3 is 1. The first-order valence-corrected chi connectivity index (χ1v) is 6.47. The van der Waals surface area contributed by atoms with Crippen LogP contribution in [0.3, 0.4) is 0 Å². The molecule has 0 saturated heterocycles. The van der Waals surface area contributed by atoms with Crippen molar-refractivity contribution in [3.8, 4) is 0 Å². The van der Waals surface area contributed by atoms with Gasteiger partial charge in [0.15, 0.2) is 0 Å². The van der Waals surface area contributed by atoms with Crippen molar-refractivity contribution in [3.63, 3.8) is 0 Å². The molecule has 4 heteroatoms. The van der Waals surface area contributed by atoms with E-state index >= 15 is 0 Å². The van der Waals surface area contributed by atoms with Gasteiger partial charge in [0.1, 0.15) is 0 Å². The van der Waals surface area contributed by atoms with Crippen molar-refractivity contribution in [2.45, 2.75) is 26.8 Å². The highest BCUT2D eigenvalue weighted by atomic mass is 16.5. The van der Waals surface area contributed by atoms with Crippen molar-refractivity contribution in [3.05, 3.63) is 35.4 Å². The summed E-state index contributed by atoms with van der Waals surface area (Å²) in [6.45, 7) is 6.04. The van der Waals surface area contributed by atoms with Gasteiger partial charge in [0.2, 0.25) is 0 Å². The molecule has 0 heterocycles. The molecule has 0 aliphatic carbocycles. The fourth-order valence-corrected chi connectivity index (χ4v) is 1.81. The summed E-state index contributed by atoms with van der Waals surface area (Å²) in [6, 6.07) is 7.36. The number of nitrogens with one attached hydrogen (secondary N) is 1. The van der Waals surface area contributed by atoms with E-state index in [1.165, 1.54) is 7.11 Å². The summed E-state index contributed by atoms with van der Waals surface area (Å²) in [5.74, 6) is -0.316. The summed E-state index contributed by atoms with van der Waals surface area (Å²) in [4.78, 5) is 11.3. The minimum atomic E-state index is -0.316. The van der Waals surface area contributed by atoms with Gasteiger partial charge in [-0.3, -0.25) is 0 Å². The van der Waals surface area contributed by atoms with Crippen molar-refractivity contribution in [1.82, 2.24) is 5.32 Å². The zero-order chi connectivity index (χ0) is 14.3. The van der Waals surface area contributed by atoms with Crippen molar-refractivity contribution >= 4 is 5.97 Å². The Morgan fingerprint density at radius 3 is 2.47 bits per heavy atom. The van der Waals surface area contributed by atoms with Crippen molar-refractivity contribution < 1.29 is 14.6 Å². The first-order chi connectivity index (χ1) is 8.98. The van der Waals surface area contributed by atoms with E-state index in [1.54, 1.807) is 12.1 Å². The number of hydrogen-bond donors (Lipinski definition) is 2. The van der Waals surface area contributed by atoms with Crippen LogP contribution in [-0.4, -0.2) is 31.3 Å². The maximum atomic E-state index is 11.3. The van der Waals surface area contributed by atoms with E-state index in [-0.39, 0.29) is 18.0 Å². The molecule has 0 amide bonds. The van der Waals surface area contributed by atoms with Gasteiger partial charge in [0, 0.05) is 19.7 Å². The molecule has 0 aliphatic heterocycles.